The molecular formula is C44H60LiNO7. The van der Waals surface area contributed by atoms with Crippen molar-refractivity contribution in [3.63, 3.8) is 0 Å². The SMILES string of the molecule is CCCCCCCCCCCCCCCC(=O)NCC(COC(c1ccccc1)(c1ccc(C)cc1)c1ccc(OC)cc1)OC(=O)CCC(=O)[O-].[Li+]. The van der Waals surface area contributed by atoms with E-state index in [1.165, 1.54) is 64.2 Å². The number of ether oxygens (including phenoxy) is 3. The molecule has 3 rings (SSSR count). The van der Waals surface area contributed by atoms with Gasteiger partial charge in [0, 0.05) is 12.4 Å². The van der Waals surface area contributed by atoms with E-state index in [0.29, 0.717) is 12.2 Å². The van der Waals surface area contributed by atoms with Crippen molar-refractivity contribution in [1.29, 1.82) is 0 Å². The monoisotopic (exact) mass is 721 g/mol. The van der Waals surface area contributed by atoms with Crippen LogP contribution in [0.4, 0.5) is 0 Å². The van der Waals surface area contributed by atoms with Gasteiger partial charge in [-0.25, -0.2) is 0 Å². The van der Waals surface area contributed by atoms with Gasteiger partial charge in [0.05, 0.1) is 26.7 Å². The third-order valence-electron chi connectivity index (χ3n) is 9.49. The van der Waals surface area contributed by atoms with Crippen LogP contribution in [0.1, 0.15) is 132 Å². The van der Waals surface area contributed by atoms with E-state index in [2.05, 4.69) is 12.2 Å². The third-order valence-corrected chi connectivity index (χ3v) is 9.49. The van der Waals surface area contributed by atoms with Crippen LogP contribution in [0.15, 0.2) is 78.9 Å². The van der Waals surface area contributed by atoms with Crippen molar-refractivity contribution in [2.45, 2.75) is 128 Å². The molecule has 0 aromatic heterocycles. The molecule has 0 aliphatic carbocycles. The second-order valence-corrected chi connectivity index (χ2v) is 13.7. The van der Waals surface area contributed by atoms with Crippen LogP contribution in [0.3, 0.4) is 0 Å². The smallest absolute Gasteiger partial charge is 0.550 e. The Morgan fingerprint density at radius 3 is 1.72 bits per heavy atom. The molecule has 9 heteroatoms. The van der Waals surface area contributed by atoms with E-state index in [0.717, 1.165) is 41.5 Å². The molecular weight excluding hydrogens is 661 g/mol. The molecule has 284 valence electrons. The Hall–Kier alpha value is -3.57. The number of benzene rings is 3. The van der Waals surface area contributed by atoms with Crippen LogP contribution in [0.25, 0.3) is 0 Å². The summed E-state index contributed by atoms with van der Waals surface area (Å²) in [5.41, 5.74) is 2.53. The molecule has 0 aliphatic heterocycles. The molecule has 0 saturated carbocycles. The van der Waals surface area contributed by atoms with Crippen molar-refractivity contribution >= 4 is 17.8 Å². The van der Waals surface area contributed by atoms with Crippen LogP contribution < -0.4 is 34.0 Å². The Morgan fingerprint density at radius 2 is 1.19 bits per heavy atom. The van der Waals surface area contributed by atoms with Crippen LogP contribution >= 0.6 is 0 Å². The number of carboxylic acid groups (broad SMARTS) is 1. The number of esters is 1. The van der Waals surface area contributed by atoms with Gasteiger partial charge in [0.25, 0.3) is 0 Å². The Morgan fingerprint density at radius 1 is 0.679 bits per heavy atom. The summed E-state index contributed by atoms with van der Waals surface area (Å²) in [6.07, 6.45) is 14.7. The Labute approximate surface area is 330 Å². The van der Waals surface area contributed by atoms with Crippen molar-refractivity contribution in [3.8, 4) is 5.75 Å². The number of amides is 1. The number of rotatable bonds is 27. The van der Waals surface area contributed by atoms with Crippen LogP contribution in [0, 0.1) is 6.92 Å². The van der Waals surface area contributed by atoms with Gasteiger partial charge in [-0.1, -0.05) is 156 Å². The normalized spacial score (nSPS) is 12.6. The number of hydrogen-bond donors (Lipinski definition) is 1. The topological polar surface area (TPSA) is 114 Å². The number of hydrogen-bond acceptors (Lipinski definition) is 7. The molecule has 53 heavy (non-hydrogen) atoms. The van der Waals surface area contributed by atoms with E-state index >= 15 is 0 Å². The molecule has 0 fully saturated rings. The van der Waals surface area contributed by atoms with Crippen molar-refractivity contribution in [2.24, 2.45) is 0 Å². The van der Waals surface area contributed by atoms with E-state index in [1.54, 1.807) is 7.11 Å². The second-order valence-electron chi connectivity index (χ2n) is 13.7. The predicted molar refractivity (Wildman–Crippen MR) is 204 cm³/mol. The van der Waals surface area contributed by atoms with Gasteiger partial charge in [-0.2, -0.15) is 0 Å². The third kappa shape index (κ3) is 16.5. The van der Waals surface area contributed by atoms with Gasteiger partial charge in [-0.05, 0) is 48.6 Å². The molecule has 1 N–H and O–H groups in total. The number of aliphatic carboxylic acids is 1. The van der Waals surface area contributed by atoms with Gasteiger partial charge in [0.15, 0.2) is 0 Å². The Bertz CT molecular complexity index is 1450. The van der Waals surface area contributed by atoms with E-state index in [1.807, 2.05) is 85.8 Å². The van der Waals surface area contributed by atoms with Crippen molar-refractivity contribution in [1.82, 2.24) is 5.32 Å². The molecule has 2 atom stereocenters. The summed E-state index contributed by atoms with van der Waals surface area (Å²) in [7, 11) is 1.61. The van der Waals surface area contributed by atoms with Gasteiger partial charge < -0.3 is 29.4 Å². The number of aryl methyl sites for hydroxylation is 1. The fraction of sp³-hybridized carbons (Fsp3) is 0.523. The summed E-state index contributed by atoms with van der Waals surface area (Å²) in [4.78, 5) is 36.7. The average Bonchev–Trinajstić information content (AvgIpc) is 3.16. The van der Waals surface area contributed by atoms with Crippen LogP contribution in [-0.2, 0) is 29.5 Å². The fourth-order valence-electron chi connectivity index (χ4n) is 6.46. The Kier molecular flexibility index (Phi) is 22.6. The van der Waals surface area contributed by atoms with Gasteiger partial charge in [-0.15, -0.1) is 0 Å². The zero-order valence-electron chi connectivity index (χ0n) is 32.7. The zero-order chi connectivity index (χ0) is 37.4. The van der Waals surface area contributed by atoms with Crippen molar-refractivity contribution in [3.05, 3.63) is 101 Å². The molecule has 8 nitrogen and oxygen atoms in total. The molecule has 0 saturated heterocycles. The average molecular weight is 722 g/mol. The van der Waals surface area contributed by atoms with Gasteiger partial charge in [-0.3, -0.25) is 9.59 Å². The number of nitrogens with one attached hydrogen (secondary N) is 1. The zero-order valence-corrected chi connectivity index (χ0v) is 32.7. The van der Waals surface area contributed by atoms with Gasteiger partial charge in [0.1, 0.15) is 17.5 Å². The molecule has 1 amide bonds. The standard InChI is InChI=1S/C44H61NO7.Li/c1-4-5-6-7-8-9-10-11-12-13-14-15-19-22-41(46)45-33-40(52-43(49)32-31-42(47)48)34-51-44(36-20-17-16-18-21-36,37-25-23-35(2)24-26-37)38-27-29-39(50-3)30-28-38;/h16-18,20-21,23-30,40H,4-15,19,22,31-34H2,1-3H3,(H,45,46)(H,47,48);/q;+1/p-1. The van der Waals surface area contributed by atoms with Crippen molar-refractivity contribution < 1.29 is 52.6 Å². The fourth-order valence-corrected chi connectivity index (χ4v) is 6.46. The van der Waals surface area contributed by atoms with E-state index < -0.39 is 30.1 Å². The van der Waals surface area contributed by atoms with Crippen molar-refractivity contribution in [2.75, 3.05) is 20.3 Å². The number of carbonyl (C=O) groups is 3. The maximum atomic E-state index is 12.9. The van der Waals surface area contributed by atoms with Crippen LogP contribution in [0.2, 0.25) is 0 Å². The molecule has 0 bridgehead atoms. The summed E-state index contributed by atoms with van der Waals surface area (Å²) in [6, 6.07) is 25.5. The summed E-state index contributed by atoms with van der Waals surface area (Å²) in [5.74, 6) is -1.46. The Balaban J connectivity index is 0.00000972. The summed E-state index contributed by atoms with van der Waals surface area (Å²) in [6.45, 7) is 4.21. The predicted octanol–water partition coefficient (Wildman–Crippen LogP) is 5.36. The first-order valence-electron chi connectivity index (χ1n) is 19.4. The first kappa shape index (κ1) is 45.6. The molecule has 2 unspecified atom stereocenters. The number of carboxylic acids is 1. The minimum Gasteiger partial charge on any atom is -0.550 e. The summed E-state index contributed by atoms with van der Waals surface area (Å²) < 4.78 is 18.1. The molecule has 3 aromatic carbocycles. The first-order chi connectivity index (χ1) is 25.3. The molecule has 0 aliphatic rings. The quantitative estimate of drug-likeness (QED) is 0.0489. The minimum absolute atomic E-state index is 0. The minimum atomic E-state index is -1.34. The molecule has 0 heterocycles. The van der Waals surface area contributed by atoms with Crippen LogP contribution in [-0.4, -0.2) is 44.2 Å². The van der Waals surface area contributed by atoms with E-state index in [9.17, 15) is 19.5 Å². The summed E-state index contributed by atoms with van der Waals surface area (Å²) in [5, 5.41) is 14.0. The van der Waals surface area contributed by atoms with Gasteiger partial charge >= 0.3 is 24.8 Å². The molecule has 0 spiro atoms. The maximum absolute atomic E-state index is 12.9. The molecule has 0 radical (unpaired) electrons. The van der Waals surface area contributed by atoms with E-state index in [4.69, 9.17) is 14.2 Å². The maximum Gasteiger partial charge on any atom is 1.00 e. The van der Waals surface area contributed by atoms with E-state index in [-0.39, 0.29) is 44.3 Å². The number of carbonyl (C=O) groups excluding carboxylic acids is 3. The molecule has 3 aromatic rings. The number of methoxy groups -OCH3 is 1. The van der Waals surface area contributed by atoms with Crippen LogP contribution in [0.5, 0.6) is 5.75 Å². The first-order valence-corrected chi connectivity index (χ1v) is 19.4. The second kappa shape index (κ2) is 26.2. The largest absolute Gasteiger partial charge is 1.00 e. The number of unbranched alkanes of at least 4 members (excludes halogenated alkanes) is 12. The van der Waals surface area contributed by atoms with Gasteiger partial charge in [0.2, 0.25) is 5.91 Å². The summed E-state index contributed by atoms with van der Waals surface area (Å²) >= 11 is 0.